The fraction of sp³-hybridized carbons (Fsp3) is 0.938. The number of unbranched alkanes of at least 4 members (excludes halogenated alkanes) is 3. The van der Waals surface area contributed by atoms with Crippen molar-refractivity contribution >= 4 is 5.96 Å². The molecule has 1 fully saturated rings. The summed E-state index contributed by atoms with van der Waals surface area (Å²) < 4.78 is 5.48. The van der Waals surface area contributed by atoms with E-state index >= 15 is 0 Å². The molecule has 0 spiro atoms. The first-order chi connectivity index (χ1) is 10.3. The second-order valence-electron chi connectivity index (χ2n) is 5.84. The maximum atomic E-state index is 9.85. The van der Waals surface area contributed by atoms with Gasteiger partial charge < -0.3 is 20.5 Å². The summed E-state index contributed by atoms with van der Waals surface area (Å²) in [6.07, 6.45) is 6.99. The molecule has 0 radical (unpaired) electrons. The molecule has 0 saturated heterocycles. The molecule has 1 aliphatic rings. The lowest BCUT2D eigenvalue weighted by Gasteiger charge is -2.13. The Bertz CT molecular complexity index is 281. The van der Waals surface area contributed by atoms with Gasteiger partial charge >= 0.3 is 0 Å². The van der Waals surface area contributed by atoms with E-state index in [0.717, 1.165) is 38.0 Å². The molecule has 0 aliphatic heterocycles. The first kappa shape index (κ1) is 18.2. The predicted molar refractivity (Wildman–Crippen MR) is 87.7 cm³/mol. The van der Waals surface area contributed by atoms with E-state index in [1.807, 2.05) is 6.92 Å². The van der Waals surface area contributed by atoms with Gasteiger partial charge in [-0.1, -0.05) is 26.2 Å². The summed E-state index contributed by atoms with van der Waals surface area (Å²) in [5.74, 6) is 1.53. The quantitative estimate of drug-likeness (QED) is 0.293. The average Bonchev–Trinajstić information content (AvgIpc) is 3.28. The van der Waals surface area contributed by atoms with Gasteiger partial charge in [-0.25, -0.2) is 0 Å². The Morgan fingerprint density at radius 1 is 1.24 bits per heavy atom. The lowest BCUT2D eigenvalue weighted by atomic mass is 10.2. The largest absolute Gasteiger partial charge is 0.389 e. The van der Waals surface area contributed by atoms with Crippen molar-refractivity contribution in [3.8, 4) is 0 Å². The van der Waals surface area contributed by atoms with E-state index in [4.69, 9.17) is 4.74 Å². The lowest BCUT2D eigenvalue weighted by molar-refractivity contribution is 0.0368. The van der Waals surface area contributed by atoms with E-state index in [1.165, 1.54) is 32.1 Å². The summed E-state index contributed by atoms with van der Waals surface area (Å²) in [5, 5.41) is 16.4. The highest BCUT2D eigenvalue weighted by Gasteiger charge is 2.21. The Morgan fingerprint density at radius 3 is 2.71 bits per heavy atom. The third kappa shape index (κ3) is 10.5. The van der Waals surface area contributed by atoms with Crippen molar-refractivity contribution in [3.63, 3.8) is 0 Å². The maximum absolute atomic E-state index is 9.85. The summed E-state index contributed by atoms with van der Waals surface area (Å²) in [4.78, 5) is 4.41. The highest BCUT2D eigenvalue weighted by molar-refractivity contribution is 5.79. The van der Waals surface area contributed by atoms with Gasteiger partial charge in [-0.05, 0) is 32.1 Å². The second kappa shape index (κ2) is 11.8. The summed E-state index contributed by atoms with van der Waals surface area (Å²) in [6, 6.07) is 0. The minimum atomic E-state index is -0.515. The molecule has 0 bridgehead atoms. The summed E-state index contributed by atoms with van der Waals surface area (Å²) >= 11 is 0. The van der Waals surface area contributed by atoms with Crippen LogP contribution in [0.4, 0.5) is 0 Å². The Hall–Kier alpha value is -0.810. The van der Waals surface area contributed by atoms with Crippen LogP contribution in [0.15, 0.2) is 4.99 Å². The van der Waals surface area contributed by atoms with Crippen molar-refractivity contribution in [2.75, 3.05) is 32.8 Å². The molecule has 0 heterocycles. The minimum absolute atomic E-state index is 0.384. The Kier molecular flexibility index (Phi) is 10.3. The molecule has 1 rings (SSSR count). The van der Waals surface area contributed by atoms with Crippen molar-refractivity contribution in [1.82, 2.24) is 10.6 Å². The highest BCUT2D eigenvalue weighted by atomic mass is 16.5. The number of hydrogen-bond donors (Lipinski definition) is 3. The number of nitrogens with zero attached hydrogens (tertiary/aromatic N) is 1. The number of rotatable bonds is 12. The van der Waals surface area contributed by atoms with Crippen molar-refractivity contribution < 1.29 is 9.84 Å². The minimum Gasteiger partial charge on any atom is -0.389 e. The van der Waals surface area contributed by atoms with Crippen LogP contribution in [0, 0.1) is 5.92 Å². The van der Waals surface area contributed by atoms with Crippen LogP contribution in [0.25, 0.3) is 0 Å². The van der Waals surface area contributed by atoms with Gasteiger partial charge in [-0.3, -0.25) is 4.99 Å². The van der Waals surface area contributed by atoms with Gasteiger partial charge in [0.15, 0.2) is 5.96 Å². The molecule has 21 heavy (non-hydrogen) atoms. The Morgan fingerprint density at radius 2 is 2.05 bits per heavy atom. The molecule has 1 saturated carbocycles. The topological polar surface area (TPSA) is 65.9 Å². The third-order valence-electron chi connectivity index (χ3n) is 3.49. The van der Waals surface area contributed by atoms with Crippen LogP contribution >= 0.6 is 0 Å². The van der Waals surface area contributed by atoms with Gasteiger partial charge in [0, 0.05) is 19.7 Å². The van der Waals surface area contributed by atoms with Gasteiger partial charge in [0.1, 0.15) is 0 Å². The summed E-state index contributed by atoms with van der Waals surface area (Å²) in [5.41, 5.74) is 0. The van der Waals surface area contributed by atoms with Gasteiger partial charge in [0.2, 0.25) is 0 Å². The molecule has 1 atom stereocenters. The van der Waals surface area contributed by atoms with E-state index in [0.29, 0.717) is 13.2 Å². The average molecular weight is 299 g/mol. The first-order valence-corrected chi connectivity index (χ1v) is 8.54. The van der Waals surface area contributed by atoms with Crippen LogP contribution in [0.3, 0.4) is 0 Å². The van der Waals surface area contributed by atoms with Crippen molar-refractivity contribution in [2.45, 2.75) is 58.5 Å². The number of ether oxygens (including phenoxy) is 1. The molecule has 5 heteroatoms. The molecule has 0 aromatic rings. The third-order valence-corrected chi connectivity index (χ3v) is 3.49. The normalized spacial score (nSPS) is 16.8. The molecule has 0 aromatic carbocycles. The fourth-order valence-corrected chi connectivity index (χ4v) is 2.00. The van der Waals surface area contributed by atoms with Crippen LogP contribution < -0.4 is 10.6 Å². The van der Waals surface area contributed by atoms with E-state index in [2.05, 4.69) is 22.5 Å². The summed E-state index contributed by atoms with van der Waals surface area (Å²) in [6.45, 7) is 7.58. The van der Waals surface area contributed by atoms with E-state index in [-0.39, 0.29) is 0 Å². The second-order valence-corrected chi connectivity index (χ2v) is 5.84. The van der Waals surface area contributed by atoms with Crippen LogP contribution in [-0.4, -0.2) is 50.0 Å². The Balaban J connectivity index is 2.12. The molecule has 1 unspecified atom stereocenters. The van der Waals surface area contributed by atoms with Crippen molar-refractivity contribution in [2.24, 2.45) is 10.9 Å². The lowest BCUT2D eigenvalue weighted by Crippen LogP contribution is -2.38. The Labute approximate surface area is 129 Å². The SMILES string of the molecule is CCCCCCNC(=NCC(O)COCC1CC1)NCC. The molecular formula is C16H33N3O2. The van der Waals surface area contributed by atoms with E-state index in [9.17, 15) is 5.11 Å². The highest BCUT2D eigenvalue weighted by Crippen LogP contribution is 2.28. The number of aliphatic imine (C=N–C) groups is 1. The van der Waals surface area contributed by atoms with Gasteiger partial charge in [-0.2, -0.15) is 0 Å². The molecule has 5 nitrogen and oxygen atoms in total. The van der Waals surface area contributed by atoms with E-state index in [1.54, 1.807) is 0 Å². The fourth-order valence-electron chi connectivity index (χ4n) is 2.00. The monoisotopic (exact) mass is 299 g/mol. The predicted octanol–water partition coefficient (Wildman–Crippen LogP) is 1.91. The molecule has 1 aliphatic carbocycles. The zero-order chi connectivity index (χ0) is 15.3. The maximum Gasteiger partial charge on any atom is 0.191 e. The van der Waals surface area contributed by atoms with Crippen LogP contribution in [0.5, 0.6) is 0 Å². The van der Waals surface area contributed by atoms with Crippen LogP contribution in [-0.2, 0) is 4.74 Å². The number of hydrogen-bond acceptors (Lipinski definition) is 3. The number of nitrogens with one attached hydrogen (secondary N) is 2. The molecule has 124 valence electrons. The molecule has 0 amide bonds. The smallest absolute Gasteiger partial charge is 0.191 e. The standard InChI is InChI=1S/C16H33N3O2/c1-3-5-6-7-10-18-16(17-4-2)19-11-15(20)13-21-12-14-8-9-14/h14-15,20H,3-13H2,1-2H3,(H2,17,18,19). The molecule has 0 aromatic heterocycles. The zero-order valence-corrected chi connectivity index (χ0v) is 13.7. The first-order valence-electron chi connectivity index (χ1n) is 8.54. The van der Waals surface area contributed by atoms with Crippen molar-refractivity contribution in [1.29, 1.82) is 0 Å². The van der Waals surface area contributed by atoms with E-state index < -0.39 is 6.10 Å². The van der Waals surface area contributed by atoms with Gasteiger partial charge in [0.05, 0.1) is 19.3 Å². The summed E-state index contributed by atoms with van der Waals surface area (Å²) in [7, 11) is 0. The molecule has 3 N–H and O–H groups in total. The van der Waals surface area contributed by atoms with Crippen LogP contribution in [0.1, 0.15) is 52.4 Å². The number of aliphatic hydroxyl groups excluding tert-OH is 1. The number of guanidine groups is 1. The van der Waals surface area contributed by atoms with Crippen molar-refractivity contribution in [3.05, 3.63) is 0 Å². The zero-order valence-electron chi connectivity index (χ0n) is 13.7. The molecular weight excluding hydrogens is 266 g/mol. The van der Waals surface area contributed by atoms with Crippen LogP contribution in [0.2, 0.25) is 0 Å². The van der Waals surface area contributed by atoms with Gasteiger partial charge in [-0.15, -0.1) is 0 Å². The number of aliphatic hydroxyl groups is 1. The van der Waals surface area contributed by atoms with Gasteiger partial charge in [0.25, 0.3) is 0 Å².